The van der Waals surface area contributed by atoms with Gasteiger partial charge in [-0.2, -0.15) is 0 Å². The summed E-state index contributed by atoms with van der Waals surface area (Å²) in [5.74, 6) is -2.42. The number of methoxy groups -OCH3 is 3. The van der Waals surface area contributed by atoms with E-state index in [1.807, 2.05) is 37.3 Å². The Kier molecular flexibility index (Phi) is 5.54. The van der Waals surface area contributed by atoms with Crippen LogP contribution in [0.25, 0.3) is 0 Å². The SMILES string of the molecule is COC(OC)(OC)C(=O)c1c(Cl)ncn1[C@H](C)c1ccccc1. The van der Waals surface area contributed by atoms with Crippen LogP contribution in [0.2, 0.25) is 5.15 Å². The number of benzene rings is 1. The first-order valence-corrected chi connectivity index (χ1v) is 7.36. The van der Waals surface area contributed by atoms with Crippen molar-refractivity contribution in [2.45, 2.75) is 18.9 Å². The molecule has 23 heavy (non-hydrogen) atoms. The van der Waals surface area contributed by atoms with Crippen LogP contribution < -0.4 is 0 Å². The van der Waals surface area contributed by atoms with Crippen molar-refractivity contribution in [2.24, 2.45) is 0 Å². The first-order valence-electron chi connectivity index (χ1n) is 6.98. The predicted molar refractivity (Wildman–Crippen MR) is 85.6 cm³/mol. The molecule has 0 aliphatic heterocycles. The van der Waals surface area contributed by atoms with Gasteiger partial charge in [0.25, 0.3) is 5.78 Å². The third-order valence-corrected chi connectivity index (χ3v) is 4.02. The number of ketones is 1. The van der Waals surface area contributed by atoms with Crippen molar-refractivity contribution in [2.75, 3.05) is 21.3 Å². The molecule has 2 aromatic rings. The van der Waals surface area contributed by atoms with Gasteiger partial charge in [0.05, 0.1) is 12.4 Å². The van der Waals surface area contributed by atoms with Gasteiger partial charge in [0.15, 0.2) is 5.15 Å². The second kappa shape index (κ2) is 7.23. The summed E-state index contributed by atoms with van der Waals surface area (Å²) in [7, 11) is 3.96. The van der Waals surface area contributed by atoms with Crippen LogP contribution in [-0.2, 0) is 14.2 Å². The monoisotopic (exact) mass is 338 g/mol. The molecular weight excluding hydrogens is 320 g/mol. The highest BCUT2D eigenvalue weighted by Crippen LogP contribution is 2.28. The molecule has 0 N–H and O–H groups in total. The fraction of sp³-hybridized carbons (Fsp3) is 0.375. The number of carbonyl (C=O) groups excluding carboxylic acids is 1. The van der Waals surface area contributed by atoms with Gasteiger partial charge in [0.1, 0.15) is 5.69 Å². The van der Waals surface area contributed by atoms with E-state index in [2.05, 4.69) is 4.98 Å². The van der Waals surface area contributed by atoms with Crippen LogP contribution in [0.4, 0.5) is 0 Å². The van der Waals surface area contributed by atoms with E-state index in [9.17, 15) is 4.79 Å². The van der Waals surface area contributed by atoms with Gasteiger partial charge in [-0.15, -0.1) is 0 Å². The highest BCUT2D eigenvalue weighted by atomic mass is 35.5. The van der Waals surface area contributed by atoms with Crippen molar-refractivity contribution >= 4 is 17.4 Å². The van der Waals surface area contributed by atoms with Crippen LogP contribution in [-0.4, -0.2) is 42.6 Å². The van der Waals surface area contributed by atoms with Gasteiger partial charge in [-0.25, -0.2) is 4.98 Å². The lowest BCUT2D eigenvalue weighted by atomic mass is 10.1. The Labute approximate surface area is 139 Å². The third kappa shape index (κ3) is 3.16. The Hall–Kier alpha value is -1.73. The topological polar surface area (TPSA) is 62.6 Å². The molecular formula is C16H19ClN2O4. The van der Waals surface area contributed by atoms with Crippen molar-refractivity contribution in [1.29, 1.82) is 0 Å². The van der Waals surface area contributed by atoms with Gasteiger partial charge < -0.3 is 18.8 Å². The molecule has 1 aromatic heterocycles. The Balaban J connectivity index is 2.49. The van der Waals surface area contributed by atoms with Crippen LogP contribution >= 0.6 is 11.6 Å². The molecule has 7 heteroatoms. The van der Waals surface area contributed by atoms with Crippen molar-refractivity contribution in [3.05, 3.63) is 53.1 Å². The van der Waals surface area contributed by atoms with Gasteiger partial charge in [0, 0.05) is 21.3 Å². The molecule has 0 radical (unpaired) electrons. The van der Waals surface area contributed by atoms with Crippen molar-refractivity contribution in [3.8, 4) is 0 Å². The molecule has 0 amide bonds. The summed E-state index contributed by atoms with van der Waals surface area (Å²) in [6.45, 7) is 1.94. The Morgan fingerprint density at radius 1 is 1.17 bits per heavy atom. The van der Waals surface area contributed by atoms with Gasteiger partial charge in [-0.05, 0) is 12.5 Å². The molecule has 1 heterocycles. The molecule has 0 aliphatic carbocycles. The van der Waals surface area contributed by atoms with E-state index in [4.69, 9.17) is 25.8 Å². The first-order chi connectivity index (χ1) is 11.0. The molecule has 0 fully saturated rings. The minimum absolute atomic E-state index is 0.0632. The zero-order valence-corrected chi connectivity index (χ0v) is 14.2. The maximum atomic E-state index is 12.9. The number of halogens is 1. The van der Waals surface area contributed by atoms with E-state index in [0.29, 0.717) is 0 Å². The number of Topliss-reactive ketones (excluding diaryl/α,β-unsaturated/α-hetero) is 1. The second-order valence-electron chi connectivity index (χ2n) is 4.88. The molecule has 0 saturated heterocycles. The van der Waals surface area contributed by atoms with Gasteiger partial charge >= 0.3 is 5.97 Å². The molecule has 2 rings (SSSR count). The smallest absolute Gasteiger partial charge is 0.324 e. The molecule has 0 unspecified atom stereocenters. The molecule has 0 spiro atoms. The van der Waals surface area contributed by atoms with Crippen molar-refractivity contribution in [1.82, 2.24) is 9.55 Å². The standard InChI is InChI=1S/C16H19ClN2O4/c1-11(12-8-6-5-7-9-12)19-10-18-15(17)13(19)14(20)16(21-2,22-3)23-4/h5-11H,1-4H3/t11-/m1/s1. The summed E-state index contributed by atoms with van der Waals surface area (Å²) in [4.78, 5) is 16.9. The molecule has 0 saturated carbocycles. The van der Waals surface area contributed by atoms with E-state index in [1.54, 1.807) is 4.57 Å². The van der Waals surface area contributed by atoms with E-state index < -0.39 is 11.8 Å². The summed E-state index contributed by atoms with van der Waals surface area (Å²) >= 11 is 6.13. The zero-order chi connectivity index (χ0) is 17.0. The fourth-order valence-electron chi connectivity index (χ4n) is 2.41. The van der Waals surface area contributed by atoms with Crippen LogP contribution in [0, 0.1) is 0 Å². The lowest BCUT2D eigenvalue weighted by molar-refractivity contribution is -0.312. The van der Waals surface area contributed by atoms with E-state index >= 15 is 0 Å². The van der Waals surface area contributed by atoms with Gasteiger partial charge in [-0.1, -0.05) is 41.9 Å². The maximum absolute atomic E-state index is 12.9. The average molecular weight is 339 g/mol. The summed E-state index contributed by atoms with van der Waals surface area (Å²) in [5, 5.41) is 0.0632. The summed E-state index contributed by atoms with van der Waals surface area (Å²) in [6, 6.07) is 9.55. The number of aromatic nitrogens is 2. The number of carbonyl (C=O) groups is 1. The molecule has 0 aliphatic rings. The van der Waals surface area contributed by atoms with E-state index in [0.717, 1.165) is 5.56 Å². The number of hydrogen-bond acceptors (Lipinski definition) is 5. The summed E-state index contributed by atoms with van der Waals surface area (Å²) < 4.78 is 17.0. The fourth-order valence-corrected chi connectivity index (χ4v) is 2.64. The number of ether oxygens (including phenoxy) is 3. The average Bonchev–Trinajstić information content (AvgIpc) is 2.98. The van der Waals surface area contributed by atoms with Crippen LogP contribution in [0.5, 0.6) is 0 Å². The molecule has 0 bridgehead atoms. The predicted octanol–water partition coefficient (Wildman–Crippen LogP) is 2.92. The highest BCUT2D eigenvalue weighted by molar-refractivity contribution is 6.32. The van der Waals surface area contributed by atoms with Crippen molar-refractivity contribution in [3.63, 3.8) is 0 Å². The van der Waals surface area contributed by atoms with Crippen LogP contribution in [0.15, 0.2) is 36.7 Å². The molecule has 1 atom stereocenters. The minimum Gasteiger partial charge on any atom is -0.324 e. The van der Waals surface area contributed by atoms with E-state index in [-0.39, 0.29) is 16.9 Å². The minimum atomic E-state index is -1.86. The van der Waals surface area contributed by atoms with Crippen LogP contribution in [0.3, 0.4) is 0 Å². The highest BCUT2D eigenvalue weighted by Gasteiger charge is 2.43. The lowest BCUT2D eigenvalue weighted by Crippen LogP contribution is -2.45. The largest absolute Gasteiger partial charge is 0.352 e. The number of nitrogens with zero attached hydrogens (tertiary/aromatic N) is 2. The Morgan fingerprint density at radius 2 is 1.74 bits per heavy atom. The number of imidazole rings is 1. The number of hydrogen-bond donors (Lipinski definition) is 0. The molecule has 124 valence electrons. The summed E-state index contributed by atoms with van der Waals surface area (Å²) in [6.07, 6.45) is 1.51. The quantitative estimate of drug-likeness (QED) is 0.573. The van der Waals surface area contributed by atoms with Gasteiger partial charge in [0.2, 0.25) is 0 Å². The van der Waals surface area contributed by atoms with Crippen molar-refractivity contribution < 1.29 is 19.0 Å². The Morgan fingerprint density at radius 3 is 2.26 bits per heavy atom. The lowest BCUT2D eigenvalue weighted by Gasteiger charge is -2.28. The van der Waals surface area contributed by atoms with Crippen LogP contribution in [0.1, 0.15) is 29.0 Å². The first kappa shape index (κ1) is 17.6. The normalized spacial score (nSPS) is 13.1. The number of rotatable bonds is 7. The second-order valence-corrected chi connectivity index (χ2v) is 5.23. The van der Waals surface area contributed by atoms with E-state index in [1.165, 1.54) is 27.7 Å². The third-order valence-electron chi connectivity index (χ3n) is 3.75. The Bertz CT molecular complexity index is 660. The van der Waals surface area contributed by atoms with Gasteiger partial charge in [-0.3, -0.25) is 4.79 Å². The molecule has 6 nitrogen and oxygen atoms in total. The zero-order valence-electron chi connectivity index (χ0n) is 13.4. The maximum Gasteiger partial charge on any atom is 0.352 e. The molecule has 1 aromatic carbocycles. The summed E-state index contributed by atoms with van der Waals surface area (Å²) in [5.41, 5.74) is 1.17.